The Bertz CT molecular complexity index is 747. The number of anilines is 1. The van der Waals surface area contributed by atoms with Crippen LogP contribution in [0.1, 0.15) is 23.7 Å². The zero-order chi connectivity index (χ0) is 19.8. The molecule has 0 aliphatic rings. The Labute approximate surface area is 158 Å². The molecular weight excluding hydrogens is 350 g/mol. The van der Waals surface area contributed by atoms with Crippen LogP contribution in [-0.4, -0.2) is 43.2 Å². The number of hydrogen-bond donors (Lipinski definition) is 3. The Kier molecular flexibility index (Phi) is 7.45. The summed E-state index contributed by atoms with van der Waals surface area (Å²) >= 11 is 0. The number of nitrogens with one attached hydrogen (secondary N) is 1. The van der Waals surface area contributed by atoms with Crippen LogP contribution in [-0.2, 0) is 9.47 Å². The molecule has 0 saturated carbocycles. The van der Waals surface area contributed by atoms with Crippen LogP contribution in [0.25, 0.3) is 0 Å². The Morgan fingerprint density at radius 1 is 1.15 bits per heavy atom. The molecule has 0 unspecified atom stereocenters. The summed E-state index contributed by atoms with van der Waals surface area (Å²) in [5, 5.41) is 22.0. The highest BCUT2D eigenvalue weighted by atomic mass is 16.6. The molecule has 2 atom stereocenters. The fraction of sp³-hybridized carbons (Fsp3) is 0.350. The maximum atomic E-state index is 12.4. The van der Waals surface area contributed by atoms with Gasteiger partial charge in [0.2, 0.25) is 0 Å². The standard InChI is InChI=1S/C20H25NO6/c1-13-4-7-15(8-5-13)21-20(24)27-19(18(26-3)10-11-22)14-6-9-17(25-2)16(23)12-14/h4-9,12,18-19,22-23H,10-11H2,1-3H3,(H,21,24)/t18-,19-/m0/s1. The van der Waals surface area contributed by atoms with Gasteiger partial charge < -0.3 is 24.4 Å². The van der Waals surface area contributed by atoms with E-state index >= 15 is 0 Å². The Balaban J connectivity index is 2.22. The number of ether oxygens (including phenoxy) is 3. The second-order valence-electron chi connectivity index (χ2n) is 6.03. The third-order valence-corrected chi connectivity index (χ3v) is 4.12. The normalized spacial score (nSPS) is 12.9. The monoisotopic (exact) mass is 375 g/mol. The van der Waals surface area contributed by atoms with Gasteiger partial charge in [0.15, 0.2) is 17.6 Å². The second kappa shape index (κ2) is 9.80. The van der Waals surface area contributed by atoms with E-state index in [2.05, 4.69) is 5.32 Å². The summed E-state index contributed by atoms with van der Waals surface area (Å²) < 4.78 is 16.0. The zero-order valence-corrected chi connectivity index (χ0v) is 15.6. The van der Waals surface area contributed by atoms with Crippen molar-refractivity contribution in [2.45, 2.75) is 25.6 Å². The van der Waals surface area contributed by atoms with Gasteiger partial charge in [-0.1, -0.05) is 23.8 Å². The van der Waals surface area contributed by atoms with Crippen molar-refractivity contribution in [1.82, 2.24) is 0 Å². The molecule has 2 aromatic rings. The molecular formula is C20H25NO6. The number of aryl methyl sites for hydroxylation is 1. The molecule has 2 aromatic carbocycles. The van der Waals surface area contributed by atoms with Crippen LogP contribution >= 0.6 is 0 Å². The number of amides is 1. The maximum Gasteiger partial charge on any atom is 0.412 e. The maximum absolute atomic E-state index is 12.4. The number of methoxy groups -OCH3 is 2. The smallest absolute Gasteiger partial charge is 0.412 e. The first kappa shape index (κ1) is 20.5. The van der Waals surface area contributed by atoms with Crippen molar-refractivity contribution in [3.05, 3.63) is 53.6 Å². The Hall–Kier alpha value is -2.77. The van der Waals surface area contributed by atoms with Crippen molar-refractivity contribution >= 4 is 11.8 Å². The number of phenolic OH excluding ortho intramolecular Hbond substituents is 1. The van der Waals surface area contributed by atoms with Gasteiger partial charge in [-0.2, -0.15) is 0 Å². The molecule has 0 spiro atoms. The van der Waals surface area contributed by atoms with E-state index in [1.54, 1.807) is 24.3 Å². The van der Waals surface area contributed by atoms with Crippen molar-refractivity contribution < 1.29 is 29.2 Å². The van der Waals surface area contributed by atoms with Crippen LogP contribution < -0.4 is 10.1 Å². The summed E-state index contributed by atoms with van der Waals surface area (Å²) in [6, 6.07) is 12.0. The molecule has 0 heterocycles. The highest BCUT2D eigenvalue weighted by Gasteiger charge is 2.28. The molecule has 27 heavy (non-hydrogen) atoms. The topological polar surface area (TPSA) is 97.3 Å². The molecule has 0 aliphatic heterocycles. The van der Waals surface area contributed by atoms with Gasteiger partial charge in [-0.3, -0.25) is 5.32 Å². The molecule has 146 valence electrons. The first-order valence-electron chi connectivity index (χ1n) is 8.53. The SMILES string of the molecule is COc1ccc([C@H](OC(=O)Nc2ccc(C)cc2)[C@H](CCO)OC)cc1O. The summed E-state index contributed by atoms with van der Waals surface area (Å²) in [5.74, 6) is 0.221. The van der Waals surface area contributed by atoms with E-state index in [1.165, 1.54) is 20.3 Å². The molecule has 0 aromatic heterocycles. The van der Waals surface area contributed by atoms with Crippen LogP contribution in [0.5, 0.6) is 11.5 Å². The molecule has 0 fully saturated rings. The number of aliphatic hydroxyl groups excluding tert-OH is 1. The fourth-order valence-corrected chi connectivity index (χ4v) is 2.66. The fourth-order valence-electron chi connectivity index (χ4n) is 2.66. The average Bonchev–Trinajstić information content (AvgIpc) is 2.66. The lowest BCUT2D eigenvalue weighted by atomic mass is 10.0. The van der Waals surface area contributed by atoms with Gasteiger partial charge in [-0.25, -0.2) is 4.79 Å². The van der Waals surface area contributed by atoms with Crippen molar-refractivity contribution in [2.75, 3.05) is 26.1 Å². The Morgan fingerprint density at radius 3 is 2.41 bits per heavy atom. The first-order chi connectivity index (χ1) is 13.0. The third-order valence-electron chi connectivity index (χ3n) is 4.12. The van der Waals surface area contributed by atoms with E-state index in [4.69, 9.17) is 14.2 Å². The predicted molar refractivity (Wildman–Crippen MR) is 101 cm³/mol. The van der Waals surface area contributed by atoms with E-state index < -0.39 is 18.3 Å². The molecule has 1 amide bonds. The van der Waals surface area contributed by atoms with Gasteiger partial charge >= 0.3 is 6.09 Å². The lowest BCUT2D eigenvalue weighted by Crippen LogP contribution is -2.28. The van der Waals surface area contributed by atoms with E-state index in [1.807, 2.05) is 19.1 Å². The molecule has 0 bridgehead atoms. The van der Waals surface area contributed by atoms with Gasteiger partial charge in [0.05, 0.1) is 7.11 Å². The van der Waals surface area contributed by atoms with Crippen LogP contribution in [0.4, 0.5) is 10.5 Å². The summed E-state index contributed by atoms with van der Waals surface area (Å²) in [6.07, 6.45) is -1.83. The highest BCUT2D eigenvalue weighted by molar-refractivity contribution is 5.84. The van der Waals surface area contributed by atoms with E-state index in [-0.39, 0.29) is 18.8 Å². The van der Waals surface area contributed by atoms with Gasteiger partial charge in [-0.15, -0.1) is 0 Å². The summed E-state index contributed by atoms with van der Waals surface area (Å²) in [7, 11) is 2.92. The minimum Gasteiger partial charge on any atom is -0.504 e. The van der Waals surface area contributed by atoms with Crippen molar-refractivity contribution in [2.24, 2.45) is 0 Å². The average molecular weight is 375 g/mol. The molecule has 2 rings (SSSR count). The van der Waals surface area contributed by atoms with E-state index in [0.717, 1.165) is 5.56 Å². The quantitative estimate of drug-likeness (QED) is 0.654. The number of phenols is 1. The number of carbonyl (C=O) groups is 1. The summed E-state index contributed by atoms with van der Waals surface area (Å²) in [5.41, 5.74) is 2.19. The summed E-state index contributed by atoms with van der Waals surface area (Å²) in [4.78, 5) is 12.4. The minimum absolute atomic E-state index is 0.0820. The van der Waals surface area contributed by atoms with E-state index in [9.17, 15) is 15.0 Å². The summed E-state index contributed by atoms with van der Waals surface area (Å²) in [6.45, 7) is 1.81. The number of benzene rings is 2. The van der Waals surface area contributed by atoms with E-state index in [0.29, 0.717) is 17.0 Å². The second-order valence-corrected chi connectivity index (χ2v) is 6.03. The number of aliphatic hydroxyl groups is 1. The van der Waals surface area contributed by atoms with Crippen molar-refractivity contribution in [3.8, 4) is 11.5 Å². The van der Waals surface area contributed by atoms with Gasteiger partial charge in [0, 0.05) is 25.8 Å². The van der Waals surface area contributed by atoms with Crippen molar-refractivity contribution in [1.29, 1.82) is 0 Å². The lowest BCUT2D eigenvalue weighted by molar-refractivity contribution is -0.0306. The number of aromatic hydroxyl groups is 1. The van der Waals surface area contributed by atoms with Crippen LogP contribution in [0, 0.1) is 6.92 Å². The number of rotatable bonds is 8. The number of hydrogen-bond acceptors (Lipinski definition) is 6. The lowest BCUT2D eigenvalue weighted by Gasteiger charge is -2.26. The molecule has 3 N–H and O–H groups in total. The predicted octanol–water partition coefficient (Wildman–Crippen LogP) is 3.40. The molecule has 0 aliphatic carbocycles. The highest BCUT2D eigenvalue weighted by Crippen LogP contribution is 2.33. The minimum atomic E-state index is -0.829. The zero-order valence-electron chi connectivity index (χ0n) is 15.6. The van der Waals surface area contributed by atoms with Crippen molar-refractivity contribution in [3.63, 3.8) is 0 Å². The third kappa shape index (κ3) is 5.60. The van der Waals surface area contributed by atoms with Crippen LogP contribution in [0.2, 0.25) is 0 Å². The van der Waals surface area contributed by atoms with Gasteiger partial charge in [0.1, 0.15) is 6.10 Å². The molecule has 7 nitrogen and oxygen atoms in total. The molecule has 0 radical (unpaired) electrons. The van der Waals surface area contributed by atoms with Crippen LogP contribution in [0.3, 0.4) is 0 Å². The van der Waals surface area contributed by atoms with Gasteiger partial charge in [-0.05, 0) is 36.8 Å². The van der Waals surface area contributed by atoms with Crippen LogP contribution in [0.15, 0.2) is 42.5 Å². The molecule has 0 saturated heterocycles. The number of carbonyl (C=O) groups excluding carboxylic acids is 1. The largest absolute Gasteiger partial charge is 0.504 e. The van der Waals surface area contributed by atoms with Gasteiger partial charge in [0.25, 0.3) is 0 Å². The first-order valence-corrected chi connectivity index (χ1v) is 8.53. The Morgan fingerprint density at radius 2 is 1.85 bits per heavy atom. The molecule has 7 heteroatoms.